The lowest BCUT2D eigenvalue weighted by Gasteiger charge is -2.30. The molecule has 0 aliphatic carbocycles. The van der Waals surface area contributed by atoms with Gasteiger partial charge in [-0.05, 0) is 48.6 Å². The fourth-order valence-corrected chi connectivity index (χ4v) is 3.57. The van der Waals surface area contributed by atoms with Crippen molar-refractivity contribution < 1.29 is 19.1 Å². The van der Waals surface area contributed by atoms with Gasteiger partial charge < -0.3 is 20.3 Å². The van der Waals surface area contributed by atoms with Gasteiger partial charge in [-0.2, -0.15) is 0 Å². The van der Waals surface area contributed by atoms with Crippen LogP contribution in [0.5, 0.6) is 0 Å². The first-order chi connectivity index (χ1) is 14.8. The SMILES string of the molecule is C[C@H](c1c[nH]c(=O)c2ccccc12)N(CCCC(=O)O)C(=O)Nc1ccc(F)c(Cl)c1. The zero-order valence-electron chi connectivity index (χ0n) is 16.7. The van der Waals surface area contributed by atoms with Gasteiger partial charge in [-0.25, -0.2) is 9.18 Å². The number of hydrogen-bond donors (Lipinski definition) is 3. The number of hydrogen-bond acceptors (Lipinski definition) is 3. The number of carboxylic acid groups (broad SMARTS) is 1. The minimum Gasteiger partial charge on any atom is -0.481 e. The van der Waals surface area contributed by atoms with Crippen LogP contribution in [0.1, 0.15) is 31.4 Å². The van der Waals surface area contributed by atoms with E-state index < -0.39 is 23.9 Å². The molecule has 0 saturated heterocycles. The maximum absolute atomic E-state index is 13.4. The number of anilines is 1. The molecule has 1 heterocycles. The monoisotopic (exact) mass is 445 g/mol. The van der Waals surface area contributed by atoms with Crippen molar-refractivity contribution in [3.8, 4) is 0 Å². The Balaban J connectivity index is 1.93. The summed E-state index contributed by atoms with van der Waals surface area (Å²) in [5, 5.41) is 12.7. The predicted octanol–water partition coefficient (Wildman–Crippen LogP) is 4.78. The summed E-state index contributed by atoms with van der Waals surface area (Å²) in [6.07, 6.45) is 1.69. The number of aromatic amines is 1. The van der Waals surface area contributed by atoms with Crippen molar-refractivity contribution in [2.24, 2.45) is 0 Å². The average molecular weight is 446 g/mol. The van der Waals surface area contributed by atoms with Gasteiger partial charge in [0.2, 0.25) is 0 Å². The maximum atomic E-state index is 13.4. The van der Waals surface area contributed by atoms with E-state index in [1.165, 1.54) is 17.0 Å². The van der Waals surface area contributed by atoms with Crippen LogP contribution in [0.15, 0.2) is 53.5 Å². The van der Waals surface area contributed by atoms with Crippen LogP contribution < -0.4 is 10.9 Å². The zero-order chi connectivity index (χ0) is 22.5. The molecule has 0 aliphatic heterocycles. The molecular formula is C22H21ClFN3O4. The molecule has 7 nitrogen and oxygen atoms in total. The van der Waals surface area contributed by atoms with Crippen molar-refractivity contribution in [1.82, 2.24) is 9.88 Å². The highest BCUT2D eigenvalue weighted by Crippen LogP contribution is 2.27. The van der Waals surface area contributed by atoms with Gasteiger partial charge in [0.15, 0.2) is 0 Å². The number of nitrogens with zero attached hydrogens (tertiary/aromatic N) is 1. The number of benzene rings is 2. The quantitative estimate of drug-likeness (QED) is 0.487. The Labute approximate surface area is 182 Å². The number of fused-ring (bicyclic) bond motifs is 1. The second kappa shape index (κ2) is 9.61. The number of carbonyl (C=O) groups is 2. The lowest BCUT2D eigenvalue weighted by Crippen LogP contribution is -2.38. The number of aromatic nitrogens is 1. The van der Waals surface area contributed by atoms with Crippen molar-refractivity contribution in [3.63, 3.8) is 0 Å². The summed E-state index contributed by atoms with van der Waals surface area (Å²) in [6.45, 7) is 1.94. The second-order valence-corrected chi connectivity index (χ2v) is 7.45. The first-order valence-electron chi connectivity index (χ1n) is 9.62. The Morgan fingerprint density at radius 2 is 1.94 bits per heavy atom. The standard InChI is InChI=1S/C22H21ClFN3O4/c1-13(17-12-25-21(30)16-6-3-2-5-15(16)17)27(10-4-7-20(28)29)22(31)26-14-8-9-19(24)18(23)11-14/h2-3,5-6,8-9,11-13H,4,7,10H2,1H3,(H,25,30)(H,26,31)(H,28,29)/t13-/m1/s1. The molecular weight excluding hydrogens is 425 g/mol. The van der Waals surface area contributed by atoms with Crippen LogP contribution in [-0.2, 0) is 4.79 Å². The van der Waals surface area contributed by atoms with E-state index >= 15 is 0 Å². The summed E-state index contributed by atoms with van der Waals surface area (Å²) >= 11 is 5.80. The van der Waals surface area contributed by atoms with E-state index in [0.717, 1.165) is 6.07 Å². The number of amides is 2. The topological polar surface area (TPSA) is 102 Å². The molecule has 31 heavy (non-hydrogen) atoms. The zero-order valence-corrected chi connectivity index (χ0v) is 17.4. The summed E-state index contributed by atoms with van der Waals surface area (Å²) in [4.78, 5) is 40.3. The molecule has 0 bridgehead atoms. The number of carbonyl (C=O) groups excluding carboxylic acids is 1. The first kappa shape index (κ1) is 22.3. The largest absolute Gasteiger partial charge is 0.481 e. The predicted molar refractivity (Wildman–Crippen MR) is 117 cm³/mol. The van der Waals surface area contributed by atoms with E-state index in [1.807, 2.05) is 0 Å². The van der Waals surface area contributed by atoms with E-state index in [9.17, 15) is 18.8 Å². The number of halogens is 2. The third-order valence-electron chi connectivity index (χ3n) is 4.98. The van der Waals surface area contributed by atoms with Gasteiger partial charge in [-0.3, -0.25) is 9.59 Å². The van der Waals surface area contributed by atoms with Gasteiger partial charge in [-0.15, -0.1) is 0 Å². The Morgan fingerprint density at radius 3 is 2.61 bits per heavy atom. The number of aliphatic carboxylic acids is 1. The number of pyridine rings is 1. The fraction of sp³-hybridized carbons (Fsp3) is 0.227. The minimum absolute atomic E-state index is 0.106. The van der Waals surface area contributed by atoms with Crippen molar-refractivity contribution >= 4 is 40.1 Å². The maximum Gasteiger partial charge on any atom is 0.322 e. The van der Waals surface area contributed by atoms with Crippen LogP contribution >= 0.6 is 11.6 Å². The van der Waals surface area contributed by atoms with E-state index in [2.05, 4.69) is 10.3 Å². The molecule has 3 aromatic rings. The minimum atomic E-state index is -0.965. The molecule has 0 saturated carbocycles. The van der Waals surface area contributed by atoms with Gasteiger partial charge in [0.05, 0.1) is 11.1 Å². The van der Waals surface area contributed by atoms with Crippen LogP contribution in [0.2, 0.25) is 5.02 Å². The smallest absolute Gasteiger partial charge is 0.322 e. The third-order valence-corrected chi connectivity index (χ3v) is 5.27. The number of H-pyrrole nitrogens is 1. The first-order valence-corrected chi connectivity index (χ1v) is 10.0. The van der Waals surface area contributed by atoms with Crippen molar-refractivity contribution in [2.75, 3.05) is 11.9 Å². The molecule has 0 aliphatic rings. The second-order valence-electron chi connectivity index (χ2n) is 7.04. The van der Waals surface area contributed by atoms with E-state index in [1.54, 1.807) is 37.4 Å². The highest BCUT2D eigenvalue weighted by molar-refractivity contribution is 6.31. The van der Waals surface area contributed by atoms with E-state index in [4.69, 9.17) is 16.7 Å². The lowest BCUT2D eigenvalue weighted by molar-refractivity contribution is -0.137. The number of rotatable bonds is 7. The molecule has 1 aromatic heterocycles. The van der Waals surface area contributed by atoms with Crippen molar-refractivity contribution in [2.45, 2.75) is 25.8 Å². The van der Waals surface area contributed by atoms with Gasteiger partial charge in [0.25, 0.3) is 5.56 Å². The molecule has 2 amide bonds. The van der Waals surface area contributed by atoms with Crippen LogP contribution in [0, 0.1) is 5.82 Å². The van der Waals surface area contributed by atoms with Crippen molar-refractivity contribution in [1.29, 1.82) is 0 Å². The van der Waals surface area contributed by atoms with Gasteiger partial charge in [0.1, 0.15) is 5.82 Å². The molecule has 1 atom stereocenters. The normalized spacial score (nSPS) is 11.8. The molecule has 3 N–H and O–H groups in total. The van der Waals surface area contributed by atoms with E-state index in [0.29, 0.717) is 22.0 Å². The lowest BCUT2D eigenvalue weighted by atomic mass is 10.0. The van der Waals surface area contributed by atoms with Crippen LogP contribution in [0.3, 0.4) is 0 Å². The Kier molecular flexibility index (Phi) is 6.91. The molecule has 0 fully saturated rings. The summed E-state index contributed by atoms with van der Waals surface area (Å²) < 4.78 is 13.4. The van der Waals surface area contributed by atoms with Crippen molar-refractivity contribution in [3.05, 3.63) is 75.4 Å². The molecule has 3 rings (SSSR count). The average Bonchev–Trinajstić information content (AvgIpc) is 2.73. The van der Waals surface area contributed by atoms with Gasteiger partial charge in [-0.1, -0.05) is 29.8 Å². The molecule has 2 aromatic carbocycles. The molecule has 162 valence electrons. The molecule has 0 spiro atoms. The van der Waals surface area contributed by atoms with E-state index in [-0.39, 0.29) is 30.0 Å². The number of urea groups is 1. The summed E-state index contributed by atoms with van der Waals surface area (Å²) in [7, 11) is 0. The fourth-order valence-electron chi connectivity index (χ4n) is 3.39. The highest BCUT2D eigenvalue weighted by atomic mass is 35.5. The number of nitrogens with one attached hydrogen (secondary N) is 2. The van der Waals surface area contributed by atoms with Gasteiger partial charge in [0, 0.05) is 30.2 Å². The van der Waals surface area contributed by atoms with Crippen LogP contribution in [-0.4, -0.2) is 33.5 Å². The van der Waals surface area contributed by atoms with Crippen LogP contribution in [0.25, 0.3) is 10.8 Å². The Morgan fingerprint density at radius 1 is 1.23 bits per heavy atom. The molecule has 0 unspecified atom stereocenters. The Hall–Kier alpha value is -3.39. The Bertz CT molecular complexity index is 1180. The number of carboxylic acids is 1. The molecule has 9 heteroatoms. The molecule has 0 radical (unpaired) electrons. The van der Waals surface area contributed by atoms with Gasteiger partial charge >= 0.3 is 12.0 Å². The summed E-state index contributed by atoms with van der Waals surface area (Å²) in [5.41, 5.74) is 0.769. The summed E-state index contributed by atoms with van der Waals surface area (Å²) in [6, 6.07) is 9.87. The third kappa shape index (κ3) is 5.21. The highest BCUT2D eigenvalue weighted by Gasteiger charge is 2.24. The summed E-state index contributed by atoms with van der Waals surface area (Å²) in [5.74, 6) is -1.57. The van der Waals surface area contributed by atoms with Crippen LogP contribution in [0.4, 0.5) is 14.9 Å².